The number of thiazole rings is 1. The molecular weight excluding hydrogens is 661 g/mol. The van der Waals surface area contributed by atoms with E-state index in [0.717, 1.165) is 0 Å². The minimum absolute atomic E-state index is 0.0902. The van der Waals surface area contributed by atoms with E-state index in [-0.39, 0.29) is 46.2 Å². The largest absolute Gasteiger partial charge is 0.493 e. The van der Waals surface area contributed by atoms with E-state index in [0.29, 0.717) is 48.8 Å². The molecule has 242 valence electrons. The fraction of sp³-hybridized carbons (Fsp3) is 0.257. The van der Waals surface area contributed by atoms with E-state index in [9.17, 15) is 14.9 Å². The molecule has 0 spiro atoms. The highest BCUT2D eigenvalue weighted by Gasteiger charge is 2.34. The molecule has 5 rings (SSSR count). The third kappa shape index (κ3) is 7.08. The maximum absolute atomic E-state index is 14.1. The van der Waals surface area contributed by atoms with Crippen LogP contribution < -0.4 is 29.1 Å². The number of hydrogen-bond acceptors (Lipinski definition) is 9. The predicted octanol–water partition coefficient (Wildman–Crippen LogP) is 6.35. The lowest BCUT2D eigenvalue weighted by Gasteiger charge is -2.25. The molecule has 4 aromatic rings. The van der Waals surface area contributed by atoms with Crippen molar-refractivity contribution in [2.24, 2.45) is 4.99 Å². The summed E-state index contributed by atoms with van der Waals surface area (Å²) in [5.41, 5.74) is 2.68. The number of methoxy groups -OCH3 is 1. The van der Waals surface area contributed by atoms with Gasteiger partial charge in [0.05, 0.1) is 63.3 Å². The van der Waals surface area contributed by atoms with Crippen molar-refractivity contribution in [1.82, 2.24) is 4.57 Å². The van der Waals surface area contributed by atoms with Crippen molar-refractivity contribution >= 4 is 46.6 Å². The van der Waals surface area contributed by atoms with E-state index in [1.165, 1.54) is 23.0 Å². The van der Waals surface area contributed by atoms with Crippen molar-refractivity contribution in [3.05, 3.63) is 118 Å². The molecule has 0 fully saturated rings. The summed E-state index contributed by atoms with van der Waals surface area (Å²) >= 11 is 14.3. The van der Waals surface area contributed by atoms with E-state index in [4.69, 9.17) is 42.1 Å². The van der Waals surface area contributed by atoms with Gasteiger partial charge >= 0.3 is 5.97 Å². The number of ether oxygens (including phenoxy) is 4. The molecule has 47 heavy (non-hydrogen) atoms. The van der Waals surface area contributed by atoms with Gasteiger partial charge in [0.2, 0.25) is 0 Å². The van der Waals surface area contributed by atoms with Gasteiger partial charge in [0.1, 0.15) is 6.61 Å². The summed E-state index contributed by atoms with van der Waals surface area (Å²) < 4.78 is 24.6. The predicted molar refractivity (Wildman–Crippen MR) is 181 cm³/mol. The first-order valence-electron chi connectivity index (χ1n) is 14.7. The molecule has 1 atom stereocenters. The number of rotatable bonds is 10. The number of allylic oxidation sites excluding steroid dienone is 1. The summed E-state index contributed by atoms with van der Waals surface area (Å²) in [6.07, 6.45) is 1.57. The Morgan fingerprint density at radius 3 is 2.51 bits per heavy atom. The van der Waals surface area contributed by atoms with E-state index < -0.39 is 12.0 Å². The first-order chi connectivity index (χ1) is 22.6. The van der Waals surface area contributed by atoms with E-state index in [1.54, 1.807) is 68.5 Å². The highest BCUT2D eigenvalue weighted by atomic mass is 35.5. The Kier molecular flexibility index (Phi) is 10.4. The Labute approximate surface area is 285 Å². The van der Waals surface area contributed by atoms with Gasteiger partial charge in [0.25, 0.3) is 5.56 Å². The van der Waals surface area contributed by atoms with Gasteiger partial charge in [-0.25, -0.2) is 9.79 Å². The highest BCUT2D eigenvalue weighted by Crippen LogP contribution is 2.37. The molecule has 1 aliphatic rings. The lowest BCUT2D eigenvalue weighted by atomic mass is 9.95. The van der Waals surface area contributed by atoms with Crippen LogP contribution in [0.1, 0.15) is 56.0 Å². The minimum atomic E-state index is -0.839. The second-order valence-corrected chi connectivity index (χ2v) is 12.6. The average molecular weight is 693 g/mol. The molecule has 1 aliphatic heterocycles. The molecule has 0 aliphatic carbocycles. The van der Waals surface area contributed by atoms with Crippen molar-refractivity contribution in [3.8, 4) is 23.3 Å². The molecule has 0 saturated carbocycles. The fourth-order valence-corrected chi connectivity index (χ4v) is 6.83. The lowest BCUT2D eigenvalue weighted by molar-refractivity contribution is -0.139. The number of carbonyl (C=O) groups is 1. The monoisotopic (exact) mass is 691 g/mol. The van der Waals surface area contributed by atoms with Crippen LogP contribution >= 0.6 is 34.5 Å². The number of nitrogens with zero attached hydrogens (tertiary/aromatic N) is 3. The van der Waals surface area contributed by atoms with E-state index in [1.807, 2.05) is 19.9 Å². The summed E-state index contributed by atoms with van der Waals surface area (Å²) in [6.45, 7) is 7.51. The summed E-state index contributed by atoms with van der Waals surface area (Å²) in [7, 11) is 1.53. The van der Waals surface area contributed by atoms with Gasteiger partial charge in [-0.1, -0.05) is 58.8 Å². The van der Waals surface area contributed by atoms with Crippen LogP contribution in [0.25, 0.3) is 6.08 Å². The van der Waals surface area contributed by atoms with Crippen LogP contribution in [0, 0.1) is 11.3 Å². The molecular formula is C35H31Cl2N3O6S. The number of aromatic nitrogens is 1. The molecule has 0 saturated heterocycles. The summed E-state index contributed by atoms with van der Waals surface area (Å²) in [5, 5.41) is 9.85. The Balaban J connectivity index is 1.58. The zero-order valence-electron chi connectivity index (χ0n) is 26.3. The van der Waals surface area contributed by atoms with Crippen LogP contribution in [0.5, 0.6) is 17.2 Å². The zero-order chi connectivity index (χ0) is 33.8. The number of carbonyl (C=O) groups excluding carboxylic acids is 1. The summed E-state index contributed by atoms with van der Waals surface area (Å²) in [5.74, 6) is 0.681. The Morgan fingerprint density at radius 2 is 1.85 bits per heavy atom. The molecule has 1 aromatic heterocycles. The van der Waals surface area contributed by atoms with Crippen molar-refractivity contribution in [1.29, 1.82) is 5.26 Å². The fourth-order valence-electron chi connectivity index (χ4n) is 5.17. The van der Waals surface area contributed by atoms with Crippen molar-refractivity contribution in [2.75, 3.05) is 13.7 Å². The van der Waals surface area contributed by atoms with Crippen LogP contribution in [0.4, 0.5) is 0 Å². The summed E-state index contributed by atoms with van der Waals surface area (Å²) in [4.78, 5) is 32.4. The SMILES string of the molecule is CCOC(=O)C1=C(C)N=c2s/c(=C\c3cc(Cl)c(OCc4ccccc4C#N)c(Cl)c3)c(=O)n2[C@H]1c1ccc(OC(C)C)c(OC)c1. The molecule has 12 heteroatoms. The van der Waals surface area contributed by atoms with Gasteiger partial charge in [0.15, 0.2) is 22.0 Å². The van der Waals surface area contributed by atoms with Crippen LogP contribution in [-0.2, 0) is 16.1 Å². The van der Waals surface area contributed by atoms with Crippen LogP contribution in [0.3, 0.4) is 0 Å². The molecule has 0 bridgehead atoms. The number of esters is 1. The van der Waals surface area contributed by atoms with Crippen molar-refractivity contribution < 1.29 is 23.7 Å². The van der Waals surface area contributed by atoms with Crippen LogP contribution in [-0.4, -0.2) is 30.4 Å². The van der Waals surface area contributed by atoms with Gasteiger partial charge in [-0.15, -0.1) is 0 Å². The molecule has 0 N–H and O–H groups in total. The average Bonchev–Trinajstić information content (AvgIpc) is 3.33. The maximum Gasteiger partial charge on any atom is 0.338 e. The van der Waals surface area contributed by atoms with Gasteiger partial charge in [0, 0.05) is 5.56 Å². The Hall–Kier alpha value is -4.56. The topological polar surface area (TPSA) is 112 Å². The van der Waals surface area contributed by atoms with Gasteiger partial charge in [-0.3, -0.25) is 9.36 Å². The second-order valence-electron chi connectivity index (χ2n) is 10.8. The number of hydrogen-bond donors (Lipinski definition) is 0. The molecule has 0 radical (unpaired) electrons. The molecule has 2 heterocycles. The highest BCUT2D eigenvalue weighted by molar-refractivity contribution is 7.07. The van der Waals surface area contributed by atoms with Gasteiger partial charge in [-0.2, -0.15) is 5.26 Å². The Bertz CT molecular complexity index is 2090. The smallest absolute Gasteiger partial charge is 0.338 e. The quantitative estimate of drug-likeness (QED) is 0.178. The number of fused-ring (bicyclic) bond motifs is 1. The Morgan fingerprint density at radius 1 is 1.13 bits per heavy atom. The van der Waals surface area contributed by atoms with Crippen LogP contribution in [0.15, 0.2) is 75.7 Å². The minimum Gasteiger partial charge on any atom is -0.493 e. The van der Waals surface area contributed by atoms with E-state index in [2.05, 4.69) is 11.1 Å². The molecule has 0 unspecified atom stereocenters. The standard InChI is InChI=1S/C35H31Cl2N3O6S/c1-6-44-34(42)30-20(4)39-35-40(31(30)22-11-12-27(46-19(2)3)28(16-22)43-5)33(41)29(47-35)15-21-13-25(36)32(26(37)14-21)45-18-24-10-8-7-9-23(24)17-38/h7-16,19,31H,6,18H2,1-5H3/b29-15-/t31-/m0/s1. The second kappa shape index (κ2) is 14.5. The van der Waals surface area contributed by atoms with Gasteiger partial charge in [-0.05, 0) is 75.2 Å². The number of benzene rings is 3. The number of halogens is 2. The lowest BCUT2D eigenvalue weighted by Crippen LogP contribution is -2.40. The normalized spacial score (nSPS) is 14.4. The number of nitriles is 1. The molecule has 3 aromatic carbocycles. The van der Waals surface area contributed by atoms with Crippen molar-refractivity contribution in [3.63, 3.8) is 0 Å². The first-order valence-corrected chi connectivity index (χ1v) is 16.3. The van der Waals surface area contributed by atoms with Crippen LogP contribution in [0.2, 0.25) is 10.0 Å². The van der Waals surface area contributed by atoms with E-state index >= 15 is 0 Å². The maximum atomic E-state index is 14.1. The van der Waals surface area contributed by atoms with Crippen molar-refractivity contribution in [2.45, 2.75) is 46.4 Å². The zero-order valence-corrected chi connectivity index (χ0v) is 28.6. The molecule has 0 amide bonds. The third-order valence-electron chi connectivity index (χ3n) is 7.21. The van der Waals surface area contributed by atoms with Gasteiger partial charge < -0.3 is 18.9 Å². The first kappa shape index (κ1) is 33.8. The molecule has 9 nitrogen and oxygen atoms in total. The third-order valence-corrected chi connectivity index (χ3v) is 8.76. The summed E-state index contributed by atoms with van der Waals surface area (Å²) in [6, 6.07) is 17.0.